The van der Waals surface area contributed by atoms with E-state index in [1.54, 1.807) is 18.1 Å². The van der Waals surface area contributed by atoms with Crippen LogP contribution in [0.3, 0.4) is 0 Å². The van der Waals surface area contributed by atoms with Gasteiger partial charge in [0.1, 0.15) is 0 Å². The van der Waals surface area contributed by atoms with Crippen molar-refractivity contribution in [2.45, 2.75) is 26.3 Å². The number of hydrogen-bond acceptors (Lipinski definition) is 4. The topological polar surface area (TPSA) is 49.8 Å². The Morgan fingerprint density at radius 1 is 1.55 bits per heavy atom. The number of rotatable bonds is 6. The van der Waals surface area contributed by atoms with Crippen molar-refractivity contribution in [1.82, 2.24) is 4.90 Å². The third-order valence-corrected chi connectivity index (χ3v) is 3.56. The fourth-order valence-corrected chi connectivity index (χ4v) is 2.42. The zero-order valence-electron chi connectivity index (χ0n) is 12.2. The number of methoxy groups -OCH3 is 1. The van der Waals surface area contributed by atoms with Crippen LogP contribution in [0.5, 0.6) is 0 Å². The Morgan fingerprint density at radius 2 is 2.30 bits per heavy atom. The van der Waals surface area contributed by atoms with Crippen molar-refractivity contribution in [1.29, 1.82) is 0 Å². The molecule has 5 heteroatoms. The van der Waals surface area contributed by atoms with Gasteiger partial charge in [-0.15, -0.1) is 11.3 Å². The first-order chi connectivity index (χ1) is 9.60. The molecular formula is C15H21NO3S. The first-order valence-corrected chi connectivity index (χ1v) is 7.46. The van der Waals surface area contributed by atoms with Gasteiger partial charge in [-0.2, -0.15) is 0 Å². The van der Waals surface area contributed by atoms with E-state index < -0.39 is 0 Å². The molecule has 1 aromatic rings. The van der Waals surface area contributed by atoms with Gasteiger partial charge >= 0.3 is 0 Å². The van der Waals surface area contributed by atoms with E-state index in [1.807, 2.05) is 19.2 Å². The van der Waals surface area contributed by atoms with E-state index >= 15 is 0 Å². The molecule has 0 radical (unpaired) electrons. The van der Waals surface area contributed by atoms with E-state index in [1.165, 1.54) is 11.3 Å². The van der Waals surface area contributed by atoms with Gasteiger partial charge in [-0.05, 0) is 19.9 Å². The molecule has 0 spiro atoms. The molecule has 0 aliphatic carbocycles. The molecule has 0 saturated carbocycles. The van der Waals surface area contributed by atoms with Gasteiger partial charge in [-0.3, -0.25) is 4.79 Å². The lowest BCUT2D eigenvalue weighted by Gasteiger charge is -2.26. The van der Waals surface area contributed by atoms with E-state index in [-0.39, 0.29) is 18.6 Å². The first kappa shape index (κ1) is 16.7. The Kier molecular flexibility index (Phi) is 7.31. The maximum atomic E-state index is 12.4. The number of aliphatic hydroxyl groups excluding tert-OH is 1. The summed E-state index contributed by atoms with van der Waals surface area (Å²) in [4.78, 5) is 15.1. The largest absolute Gasteiger partial charge is 0.395 e. The lowest BCUT2D eigenvalue weighted by atomic mass is 10.2. The number of nitrogens with zero attached hydrogens (tertiary/aromatic N) is 1. The highest BCUT2D eigenvalue weighted by Crippen LogP contribution is 2.16. The summed E-state index contributed by atoms with van der Waals surface area (Å²) in [7, 11) is 1.63. The van der Waals surface area contributed by atoms with Gasteiger partial charge in [0, 0.05) is 31.5 Å². The molecule has 1 aromatic heterocycles. The number of carbonyl (C=O) groups excluding carboxylic acids is 1. The summed E-state index contributed by atoms with van der Waals surface area (Å²) < 4.78 is 5.04. The Bertz CT molecular complexity index is 485. The van der Waals surface area contributed by atoms with Crippen molar-refractivity contribution in [3.8, 4) is 11.8 Å². The van der Waals surface area contributed by atoms with E-state index in [2.05, 4.69) is 11.8 Å². The first-order valence-electron chi connectivity index (χ1n) is 6.58. The summed E-state index contributed by atoms with van der Waals surface area (Å²) in [6.07, 6.45) is 0.452. The van der Waals surface area contributed by atoms with Crippen molar-refractivity contribution in [2.75, 3.05) is 26.9 Å². The summed E-state index contributed by atoms with van der Waals surface area (Å²) in [5.41, 5.74) is 0.660. The highest BCUT2D eigenvalue weighted by Gasteiger charge is 2.19. The van der Waals surface area contributed by atoms with Gasteiger partial charge in [0.2, 0.25) is 0 Å². The number of amides is 1. The minimum Gasteiger partial charge on any atom is -0.395 e. The van der Waals surface area contributed by atoms with Crippen LogP contribution in [0.25, 0.3) is 0 Å². The van der Waals surface area contributed by atoms with E-state index in [0.29, 0.717) is 25.1 Å². The molecule has 0 fully saturated rings. The predicted molar refractivity (Wildman–Crippen MR) is 80.9 cm³/mol. The third-order valence-electron chi connectivity index (χ3n) is 2.72. The van der Waals surface area contributed by atoms with Gasteiger partial charge < -0.3 is 14.7 Å². The molecular weight excluding hydrogens is 274 g/mol. The normalized spacial score (nSPS) is 10.2. The second-order valence-electron chi connectivity index (χ2n) is 4.56. The Balaban J connectivity index is 2.77. The van der Waals surface area contributed by atoms with E-state index in [9.17, 15) is 4.79 Å². The zero-order chi connectivity index (χ0) is 15.0. The quantitative estimate of drug-likeness (QED) is 0.816. The molecule has 110 valence electrons. The van der Waals surface area contributed by atoms with Crippen LogP contribution in [0.15, 0.2) is 11.4 Å². The molecule has 0 aliphatic heterocycles. The summed E-state index contributed by atoms with van der Waals surface area (Å²) in [5, 5.41) is 10.5. The molecule has 1 N–H and O–H groups in total. The summed E-state index contributed by atoms with van der Waals surface area (Å²) in [6, 6.07) is 1.93. The van der Waals surface area contributed by atoms with Crippen molar-refractivity contribution in [3.63, 3.8) is 0 Å². The smallest absolute Gasteiger partial charge is 0.255 e. The van der Waals surface area contributed by atoms with Crippen LogP contribution in [-0.2, 0) is 4.74 Å². The van der Waals surface area contributed by atoms with Crippen LogP contribution in [0.1, 0.15) is 35.5 Å². The van der Waals surface area contributed by atoms with Gasteiger partial charge in [-0.1, -0.05) is 11.8 Å². The molecule has 0 atom stereocenters. The number of thiophene rings is 1. The van der Waals surface area contributed by atoms with Crippen LogP contribution in [0.2, 0.25) is 0 Å². The van der Waals surface area contributed by atoms with Crippen LogP contribution in [-0.4, -0.2) is 48.8 Å². The lowest BCUT2D eigenvalue weighted by Crippen LogP contribution is -2.39. The molecule has 0 bridgehead atoms. The molecule has 1 rings (SSSR count). The molecule has 1 heterocycles. The number of carbonyl (C=O) groups is 1. The molecule has 20 heavy (non-hydrogen) atoms. The highest BCUT2D eigenvalue weighted by atomic mass is 32.1. The molecule has 1 amide bonds. The zero-order valence-corrected chi connectivity index (χ0v) is 13.0. The fourth-order valence-electron chi connectivity index (χ4n) is 1.67. The number of aliphatic hydroxyl groups is 1. The van der Waals surface area contributed by atoms with Crippen molar-refractivity contribution in [2.24, 2.45) is 0 Å². The standard InChI is InChI=1S/C15H21NO3S/c1-12(2)16(7-9-19-3)15(18)13-10-14(20-11-13)6-4-5-8-17/h10-12,17H,5,7-9H2,1-3H3. The van der Waals surface area contributed by atoms with Crippen LogP contribution in [0.4, 0.5) is 0 Å². The summed E-state index contributed by atoms with van der Waals surface area (Å²) >= 11 is 1.45. The lowest BCUT2D eigenvalue weighted by molar-refractivity contribution is 0.0635. The SMILES string of the molecule is COCCN(C(=O)c1csc(C#CCCO)c1)C(C)C. The average molecular weight is 295 g/mol. The highest BCUT2D eigenvalue weighted by molar-refractivity contribution is 7.10. The monoisotopic (exact) mass is 295 g/mol. The van der Waals surface area contributed by atoms with Gasteiger partial charge in [-0.25, -0.2) is 0 Å². The maximum Gasteiger partial charge on any atom is 0.255 e. The summed E-state index contributed by atoms with van der Waals surface area (Å²) in [6.45, 7) is 5.14. The van der Waals surface area contributed by atoms with Crippen LogP contribution in [0, 0.1) is 11.8 Å². The van der Waals surface area contributed by atoms with Gasteiger partial charge in [0.05, 0.1) is 23.7 Å². The third kappa shape index (κ3) is 4.97. The molecule has 0 unspecified atom stereocenters. The molecule has 4 nitrogen and oxygen atoms in total. The van der Waals surface area contributed by atoms with E-state index in [4.69, 9.17) is 9.84 Å². The fraction of sp³-hybridized carbons (Fsp3) is 0.533. The van der Waals surface area contributed by atoms with Crippen LogP contribution < -0.4 is 0 Å². The van der Waals surface area contributed by atoms with Crippen molar-refractivity contribution >= 4 is 17.2 Å². The van der Waals surface area contributed by atoms with Crippen molar-refractivity contribution < 1.29 is 14.6 Å². The molecule has 0 saturated heterocycles. The molecule has 0 aromatic carbocycles. The Hall–Kier alpha value is -1.35. The summed E-state index contributed by atoms with van der Waals surface area (Å²) in [5.74, 6) is 5.80. The second kappa shape index (κ2) is 8.75. The van der Waals surface area contributed by atoms with Gasteiger partial charge in [0.15, 0.2) is 0 Å². The van der Waals surface area contributed by atoms with E-state index in [0.717, 1.165) is 4.88 Å². The number of hydrogen-bond donors (Lipinski definition) is 1. The minimum absolute atomic E-state index is 0.00325. The second-order valence-corrected chi connectivity index (χ2v) is 5.47. The maximum absolute atomic E-state index is 12.4. The molecule has 0 aliphatic rings. The van der Waals surface area contributed by atoms with Gasteiger partial charge in [0.25, 0.3) is 5.91 Å². The predicted octanol–water partition coefficient (Wildman–Crippen LogP) is 1.98. The Morgan fingerprint density at radius 3 is 2.90 bits per heavy atom. The van der Waals surface area contributed by atoms with Crippen LogP contribution >= 0.6 is 11.3 Å². The van der Waals surface area contributed by atoms with Crippen molar-refractivity contribution in [3.05, 3.63) is 21.9 Å². The Labute approximate surface area is 124 Å². The average Bonchev–Trinajstić information content (AvgIpc) is 2.87. The number of ether oxygens (including phenoxy) is 1. The minimum atomic E-state index is 0.00325.